The predicted molar refractivity (Wildman–Crippen MR) is 70.2 cm³/mol. The van der Waals surface area contributed by atoms with Crippen LogP contribution in [0.2, 0.25) is 0 Å². The summed E-state index contributed by atoms with van der Waals surface area (Å²) in [6, 6.07) is 2.94. The number of ether oxygens (including phenoxy) is 2. The molecule has 0 saturated carbocycles. The van der Waals surface area contributed by atoms with Gasteiger partial charge in [-0.1, -0.05) is 15.9 Å². The van der Waals surface area contributed by atoms with Crippen LogP contribution in [0.5, 0.6) is 0 Å². The average Bonchev–Trinajstić information content (AvgIpc) is 2.27. The van der Waals surface area contributed by atoms with E-state index in [9.17, 15) is 9.18 Å². The van der Waals surface area contributed by atoms with Gasteiger partial charge in [0.15, 0.2) is 0 Å². The molecule has 0 heterocycles. The van der Waals surface area contributed by atoms with Gasteiger partial charge in [-0.3, -0.25) is 4.79 Å². The molecule has 0 amide bonds. The molecule has 0 fully saturated rings. The third kappa shape index (κ3) is 3.60. The Morgan fingerprint density at radius 3 is 2.33 bits per heavy atom. The van der Waals surface area contributed by atoms with Crippen molar-refractivity contribution in [3.63, 3.8) is 0 Å². The molecule has 1 rings (SSSR count). The number of carbonyl (C=O) groups is 1. The van der Waals surface area contributed by atoms with E-state index in [4.69, 9.17) is 9.47 Å². The van der Waals surface area contributed by atoms with Gasteiger partial charge >= 0.3 is 0 Å². The Kier molecular flexibility index (Phi) is 5.91. The van der Waals surface area contributed by atoms with Gasteiger partial charge in [-0.25, -0.2) is 4.39 Å². The minimum absolute atomic E-state index is 0.0186. The maximum atomic E-state index is 13.8. The molecular weight excluding hydrogens is 303 g/mol. The first kappa shape index (κ1) is 15.3. The number of carbonyl (C=O) groups excluding carboxylic acids is 1. The third-order valence-electron chi connectivity index (χ3n) is 2.35. The molecule has 0 aliphatic rings. The Labute approximate surface area is 114 Å². The third-order valence-corrected chi connectivity index (χ3v) is 2.81. The van der Waals surface area contributed by atoms with Gasteiger partial charge in [-0.05, 0) is 38.5 Å². The van der Waals surface area contributed by atoms with Gasteiger partial charge in [0.2, 0.25) is 12.1 Å². The van der Waals surface area contributed by atoms with Crippen LogP contribution in [0.15, 0.2) is 16.6 Å². The number of Topliss-reactive ketones (excluding diaryl/α,β-unsaturated/α-hetero) is 1. The zero-order chi connectivity index (χ0) is 13.7. The molecule has 0 aliphatic heterocycles. The summed E-state index contributed by atoms with van der Waals surface area (Å²) >= 11 is 3.18. The molecule has 0 saturated heterocycles. The Bertz CT molecular complexity index is 405. The average molecular weight is 319 g/mol. The fourth-order valence-corrected chi connectivity index (χ4v) is 2.18. The zero-order valence-electron chi connectivity index (χ0n) is 10.6. The van der Waals surface area contributed by atoms with Crippen molar-refractivity contribution in [2.24, 2.45) is 0 Å². The van der Waals surface area contributed by atoms with Crippen LogP contribution in [0.3, 0.4) is 0 Å². The molecule has 0 aromatic heterocycles. The number of benzene rings is 1. The molecule has 3 nitrogen and oxygen atoms in total. The lowest BCUT2D eigenvalue weighted by molar-refractivity contribution is -0.107. The van der Waals surface area contributed by atoms with Gasteiger partial charge in [0.05, 0.1) is 5.56 Å². The summed E-state index contributed by atoms with van der Waals surface area (Å²) in [5.74, 6) is -1.06. The zero-order valence-corrected chi connectivity index (χ0v) is 12.2. The first-order valence-corrected chi connectivity index (χ1v) is 6.53. The number of aryl methyl sites for hydroxylation is 1. The molecule has 18 heavy (non-hydrogen) atoms. The van der Waals surface area contributed by atoms with E-state index in [-0.39, 0.29) is 5.56 Å². The van der Waals surface area contributed by atoms with Crippen LogP contribution < -0.4 is 0 Å². The molecule has 0 spiro atoms. The molecule has 1 aromatic carbocycles. The smallest absolute Gasteiger partial charge is 0.222 e. The topological polar surface area (TPSA) is 35.5 Å². The molecule has 0 atom stereocenters. The van der Waals surface area contributed by atoms with Crippen LogP contribution in [0.25, 0.3) is 0 Å². The van der Waals surface area contributed by atoms with E-state index in [1.807, 2.05) is 0 Å². The van der Waals surface area contributed by atoms with Crippen LogP contribution in [0.4, 0.5) is 4.39 Å². The number of ketones is 1. The van der Waals surface area contributed by atoms with Gasteiger partial charge in [0, 0.05) is 17.7 Å². The number of hydrogen-bond donors (Lipinski definition) is 0. The number of rotatable bonds is 6. The van der Waals surface area contributed by atoms with Crippen LogP contribution >= 0.6 is 15.9 Å². The lowest BCUT2D eigenvalue weighted by atomic mass is 10.0. The summed E-state index contributed by atoms with van der Waals surface area (Å²) in [7, 11) is 0. The maximum Gasteiger partial charge on any atom is 0.222 e. The van der Waals surface area contributed by atoms with Gasteiger partial charge in [-0.2, -0.15) is 0 Å². The second-order valence-corrected chi connectivity index (χ2v) is 4.60. The molecule has 100 valence electrons. The first-order chi connectivity index (χ1) is 8.51. The highest BCUT2D eigenvalue weighted by Crippen LogP contribution is 2.22. The summed E-state index contributed by atoms with van der Waals surface area (Å²) in [5, 5.41) is 0. The predicted octanol–water partition coefficient (Wildman–Crippen LogP) is 3.48. The second kappa shape index (κ2) is 6.97. The second-order valence-electron chi connectivity index (χ2n) is 3.69. The molecule has 0 unspecified atom stereocenters. The number of hydrogen-bond acceptors (Lipinski definition) is 3. The first-order valence-electron chi connectivity index (χ1n) is 5.74. The van der Waals surface area contributed by atoms with Crippen molar-refractivity contribution < 1.29 is 18.7 Å². The highest BCUT2D eigenvalue weighted by Gasteiger charge is 2.25. The Morgan fingerprint density at radius 2 is 1.89 bits per heavy atom. The minimum Gasteiger partial charge on any atom is -0.346 e. The SMILES string of the molecule is CCOC(OCC)C(=O)c1c(C)cc(Br)cc1F. The van der Waals surface area contributed by atoms with Crippen molar-refractivity contribution in [3.8, 4) is 0 Å². The summed E-state index contributed by atoms with van der Waals surface area (Å²) in [4.78, 5) is 12.2. The molecule has 0 N–H and O–H groups in total. The van der Waals surface area contributed by atoms with Crippen molar-refractivity contribution in [2.45, 2.75) is 27.1 Å². The molecule has 5 heteroatoms. The minimum atomic E-state index is -1.05. The molecule has 0 aliphatic carbocycles. The maximum absolute atomic E-state index is 13.8. The van der Waals surface area contributed by atoms with Crippen LogP contribution in [0, 0.1) is 12.7 Å². The van der Waals surface area contributed by atoms with E-state index >= 15 is 0 Å². The fourth-order valence-electron chi connectivity index (χ4n) is 1.63. The van der Waals surface area contributed by atoms with Crippen LogP contribution in [-0.4, -0.2) is 25.3 Å². The molecule has 0 radical (unpaired) electrons. The quantitative estimate of drug-likeness (QED) is 0.595. The standard InChI is InChI=1S/C13H16BrFO3/c1-4-17-13(18-5-2)12(16)11-8(3)6-9(14)7-10(11)15/h6-7,13H,4-5H2,1-3H3. The Hall–Kier alpha value is -0.780. The van der Waals surface area contributed by atoms with E-state index in [2.05, 4.69) is 15.9 Å². The largest absolute Gasteiger partial charge is 0.346 e. The highest BCUT2D eigenvalue weighted by molar-refractivity contribution is 9.10. The van der Waals surface area contributed by atoms with Crippen molar-refractivity contribution in [2.75, 3.05) is 13.2 Å². The van der Waals surface area contributed by atoms with Gasteiger partial charge in [-0.15, -0.1) is 0 Å². The van der Waals surface area contributed by atoms with Gasteiger partial charge in [0.1, 0.15) is 5.82 Å². The van der Waals surface area contributed by atoms with E-state index in [0.717, 1.165) is 0 Å². The Balaban J connectivity index is 3.08. The molecular formula is C13H16BrFO3. The summed E-state index contributed by atoms with van der Waals surface area (Å²) in [6.07, 6.45) is -1.05. The van der Waals surface area contributed by atoms with Crippen molar-refractivity contribution >= 4 is 21.7 Å². The van der Waals surface area contributed by atoms with Crippen LogP contribution in [-0.2, 0) is 9.47 Å². The Morgan fingerprint density at radius 1 is 1.33 bits per heavy atom. The lowest BCUT2D eigenvalue weighted by Gasteiger charge is -2.17. The van der Waals surface area contributed by atoms with E-state index in [0.29, 0.717) is 23.2 Å². The summed E-state index contributed by atoms with van der Waals surface area (Å²) in [5.41, 5.74) is 0.571. The van der Waals surface area contributed by atoms with E-state index in [1.54, 1.807) is 26.8 Å². The molecule has 0 bridgehead atoms. The normalized spacial score (nSPS) is 11.0. The summed E-state index contributed by atoms with van der Waals surface area (Å²) in [6.45, 7) is 5.84. The van der Waals surface area contributed by atoms with Crippen LogP contribution in [0.1, 0.15) is 29.8 Å². The lowest BCUT2D eigenvalue weighted by Crippen LogP contribution is -2.29. The van der Waals surface area contributed by atoms with E-state index < -0.39 is 17.9 Å². The van der Waals surface area contributed by atoms with Gasteiger partial charge in [0.25, 0.3) is 0 Å². The fraction of sp³-hybridized carbons (Fsp3) is 0.462. The monoisotopic (exact) mass is 318 g/mol. The van der Waals surface area contributed by atoms with E-state index in [1.165, 1.54) is 6.07 Å². The highest BCUT2D eigenvalue weighted by atomic mass is 79.9. The number of halogens is 2. The van der Waals surface area contributed by atoms with Crippen molar-refractivity contribution in [1.29, 1.82) is 0 Å². The molecule has 1 aromatic rings. The summed E-state index contributed by atoms with van der Waals surface area (Å²) < 4.78 is 24.8. The van der Waals surface area contributed by atoms with Gasteiger partial charge < -0.3 is 9.47 Å². The van der Waals surface area contributed by atoms with Crippen molar-refractivity contribution in [3.05, 3.63) is 33.5 Å². The van der Waals surface area contributed by atoms with Crippen molar-refractivity contribution in [1.82, 2.24) is 0 Å².